The van der Waals surface area contributed by atoms with Gasteiger partial charge in [0.05, 0.1) is 10.9 Å². The van der Waals surface area contributed by atoms with E-state index in [4.69, 9.17) is 5.73 Å². The standard InChI is InChI=1S/C17H15N3O3S/c18-16(22)10-5-7-11(8-6-10)19-15(21)9-14-17(23)20-12-3-1-2-4-13(12)24-14/h1-8,14H,9H2,(H2,18,22)(H,19,21)(H,20,23). The zero-order valence-corrected chi connectivity index (χ0v) is 13.4. The Balaban J connectivity index is 1.63. The van der Waals surface area contributed by atoms with Crippen LogP contribution < -0.4 is 16.4 Å². The first-order valence-electron chi connectivity index (χ1n) is 7.29. The van der Waals surface area contributed by atoms with Crippen molar-refractivity contribution < 1.29 is 14.4 Å². The molecule has 0 saturated carbocycles. The van der Waals surface area contributed by atoms with Gasteiger partial charge in [-0.15, -0.1) is 11.8 Å². The molecule has 2 aromatic carbocycles. The normalized spacial score (nSPS) is 16.0. The number of carbonyl (C=O) groups is 3. The van der Waals surface area contributed by atoms with Gasteiger partial charge in [0.25, 0.3) is 0 Å². The average molecular weight is 341 g/mol. The Labute approximate surface area is 142 Å². The molecule has 24 heavy (non-hydrogen) atoms. The number of nitrogens with one attached hydrogen (secondary N) is 2. The molecule has 0 bridgehead atoms. The third-order valence-electron chi connectivity index (χ3n) is 3.53. The van der Waals surface area contributed by atoms with Gasteiger partial charge in [0, 0.05) is 22.6 Å². The average Bonchev–Trinajstić information content (AvgIpc) is 2.56. The van der Waals surface area contributed by atoms with Crippen LogP contribution in [0, 0.1) is 0 Å². The summed E-state index contributed by atoms with van der Waals surface area (Å²) < 4.78 is 0. The minimum Gasteiger partial charge on any atom is -0.366 e. The quantitative estimate of drug-likeness (QED) is 0.793. The highest BCUT2D eigenvalue weighted by molar-refractivity contribution is 8.01. The first-order chi connectivity index (χ1) is 11.5. The Morgan fingerprint density at radius 3 is 2.54 bits per heavy atom. The zero-order valence-electron chi connectivity index (χ0n) is 12.6. The molecule has 0 saturated heterocycles. The van der Waals surface area contributed by atoms with Crippen LogP contribution in [0.3, 0.4) is 0 Å². The predicted molar refractivity (Wildman–Crippen MR) is 92.9 cm³/mol. The molecule has 0 aromatic heterocycles. The van der Waals surface area contributed by atoms with Gasteiger partial charge in [-0.1, -0.05) is 12.1 Å². The Hall–Kier alpha value is -2.80. The number of amides is 3. The fourth-order valence-corrected chi connectivity index (χ4v) is 3.44. The number of anilines is 2. The molecule has 3 rings (SSSR count). The Morgan fingerprint density at radius 2 is 1.83 bits per heavy atom. The molecule has 4 N–H and O–H groups in total. The van der Waals surface area contributed by atoms with Crippen LogP contribution in [-0.2, 0) is 9.59 Å². The monoisotopic (exact) mass is 341 g/mol. The van der Waals surface area contributed by atoms with Crippen LogP contribution in [0.2, 0.25) is 0 Å². The summed E-state index contributed by atoms with van der Waals surface area (Å²) >= 11 is 1.38. The summed E-state index contributed by atoms with van der Waals surface area (Å²) in [6.07, 6.45) is 0.0579. The van der Waals surface area contributed by atoms with Crippen molar-refractivity contribution in [3.05, 3.63) is 54.1 Å². The van der Waals surface area contributed by atoms with Crippen LogP contribution in [-0.4, -0.2) is 23.0 Å². The lowest BCUT2D eigenvalue weighted by molar-refractivity contribution is -0.120. The van der Waals surface area contributed by atoms with E-state index in [-0.39, 0.29) is 18.2 Å². The molecule has 7 heteroatoms. The van der Waals surface area contributed by atoms with Gasteiger partial charge in [-0.05, 0) is 36.4 Å². The van der Waals surface area contributed by atoms with Crippen LogP contribution >= 0.6 is 11.8 Å². The predicted octanol–water partition coefficient (Wildman–Crippen LogP) is 2.23. The third kappa shape index (κ3) is 3.57. The first-order valence-corrected chi connectivity index (χ1v) is 8.17. The maximum atomic E-state index is 12.2. The van der Waals surface area contributed by atoms with Crippen LogP contribution in [0.5, 0.6) is 0 Å². The van der Waals surface area contributed by atoms with Gasteiger partial charge in [-0.3, -0.25) is 14.4 Å². The van der Waals surface area contributed by atoms with Gasteiger partial charge in [0.1, 0.15) is 0 Å². The summed E-state index contributed by atoms with van der Waals surface area (Å²) in [6.45, 7) is 0. The molecule has 1 aliphatic rings. The zero-order chi connectivity index (χ0) is 17.1. The highest BCUT2D eigenvalue weighted by Gasteiger charge is 2.28. The van der Waals surface area contributed by atoms with Crippen molar-refractivity contribution in [1.29, 1.82) is 0 Å². The topological polar surface area (TPSA) is 101 Å². The number of hydrogen-bond donors (Lipinski definition) is 3. The molecule has 1 unspecified atom stereocenters. The molecule has 2 aromatic rings. The second-order valence-electron chi connectivity index (χ2n) is 5.29. The molecule has 1 aliphatic heterocycles. The molecular weight excluding hydrogens is 326 g/mol. The molecule has 0 radical (unpaired) electrons. The van der Waals surface area contributed by atoms with Crippen molar-refractivity contribution >= 4 is 40.9 Å². The number of primary amides is 1. The van der Waals surface area contributed by atoms with Crippen LogP contribution in [0.1, 0.15) is 16.8 Å². The minimum atomic E-state index is -0.526. The lowest BCUT2D eigenvalue weighted by Gasteiger charge is -2.23. The molecule has 3 amide bonds. The van der Waals surface area contributed by atoms with Crippen molar-refractivity contribution in [2.45, 2.75) is 16.6 Å². The largest absolute Gasteiger partial charge is 0.366 e. The van der Waals surface area contributed by atoms with Crippen molar-refractivity contribution in [1.82, 2.24) is 0 Å². The highest BCUT2D eigenvalue weighted by atomic mass is 32.2. The maximum Gasteiger partial charge on any atom is 0.248 e. The molecule has 0 aliphatic carbocycles. The fraction of sp³-hybridized carbons (Fsp3) is 0.118. The van der Waals surface area contributed by atoms with Crippen LogP contribution in [0.4, 0.5) is 11.4 Å². The van der Waals surface area contributed by atoms with E-state index >= 15 is 0 Å². The van der Waals surface area contributed by atoms with E-state index in [0.29, 0.717) is 11.3 Å². The summed E-state index contributed by atoms with van der Waals surface area (Å²) in [5.74, 6) is -0.978. The molecule has 0 spiro atoms. The van der Waals surface area contributed by atoms with Crippen molar-refractivity contribution in [3.63, 3.8) is 0 Å². The van der Waals surface area contributed by atoms with E-state index < -0.39 is 11.2 Å². The van der Waals surface area contributed by atoms with E-state index in [0.717, 1.165) is 10.6 Å². The number of hydrogen-bond acceptors (Lipinski definition) is 4. The summed E-state index contributed by atoms with van der Waals surface area (Å²) in [5, 5.41) is 5.04. The van der Waals surface area contributed by atoms with Gasteiger partial charge < -0.3 is 16.4 Å². The summed E-state index contributed by atoms with van der Waals surface area (Å²) in [6, 6.07) is 13.8. The van der Waals surface area contributed by atoms with E-state index in [9.17, 15) is 14.4 Å². The molecule has 6 nitrogen and oxygen atoms in total. The number of thioether (sulfide) groups is 1. The number of fused-ring (bicyclic) bond motifs is 1. The number of nitrogens with two attached hydrogens (primary N) is 1. The van der Waals surface area contributed by atoms with Gasteiger partial charge in [-0.2, -0.15) is 0 Å². The minimum absolute atomic E-state index is 0.0579. The molecule has 1 atom stereocenters. The van der Waals surface area contributed by atoms with Gasteiger partial charge in [-0.25, -0.2) is 0 Å². The number of carbonyl (C=O) groups excluding carboxylic acids is 3. The van der Waals surface area contributed by atoms with E-state index in [2.05, 4.69) is 10.6 Å². The van der Waals surface area contributed by atoms with Gasteiger partial charge >= 0.3 is 0 Å². The smallest absolute Gasteiger partial charge is 0.248 e. The maximum absolute atomic E-state index is 12.2. The Morgan fingerprint density at radius 1 is 1.12 bits per heavy atom. The van der Waals surface area contributed by atoms with Gasteiger partial charge in [0.15, 0.2) is 0 Å². The molecule has 1 heterocycles. The van der Waals surface area contributed by atoms with Crippen molar-refractivity contribution in [2.24, 2.45) is 5.73 Å². The number of para-hydroxylation sites is 1. The summed E-state index contributed by atoms with van der Waals surface area (Å²) in [5.41, 5.74) is 6.85. The third-order valence-corrected chi connectivity index (χ3v) is 4.81. The number of rotatable bonds is 4. The van der Waals surface area contributed by atoms with E-state index in [1.165, 1.54) is 23.9 Å². The second kappa shape index (κ2) is 6.76. The van der Waals surface area contributed by atoms with E-state index in [1.54, 1.807) is 12.1 Å². The van der Waals surface area contributed by atoms with Crippen molar-refractivity contribution in [3.8, 4) is 0 Å². The molecule has 122 valence electrons. The van der Waals surface area contributed by atoms with Crippen molar-refractivity contribution in [2.75, 3.05) is 10.6 Å². The lowest BCUT2D eigenvalue weighted by atomic mass is 10.2. The Bertz CT molecular complexity index is 805. The van der Waals surface area contributed by atoms with Gasteiger partial charge in [0.2, 0.25) is 17.7 Å². The lowest BCUT2D eigenvalue weighted by Crippen LogP contribution is -2.32. The fourth-order valence-electron chi connectivity index (χ4n) is 2.33. The Kier molecular flexibility index (Phi) is 4.52. The van der Waals surface area contributed by atoms with Crippen LogP contribution in [0.15, 0.2) is 53.4 Å². The summed E-state index contributed by atoms with van der Waals surface area (Å²) in [7, 11) is 0. The second-order valence-corrected chi connectivity index (χ2v) is 6.53. The first kappa shape index (κ1) is 16.1. The summed E-state index contributed by atoms with van der Waals surface area (Å²) in [4.78, 5) is 36.2. The molecule has 0 fully saturated rings. The SMILES string of the molecule is NC(=O)c1ccc(NC(=O)CC2Sc3ccccc3NC2=O)cc1. The number of benzene rings is 2. The highest BCUT2D eigenvalue weighted by Crippen LogP contribution is 2.36. The van der Waals surface area contributed by atoms with Crippen LogP contribution in [0.25, 0.3) is 0 Å². The van der Waals surface area contributed by atoms with E-state index in [1.807, 2.05) is 24.3 Å². The molecular formula is C17H15N3O3S.